The third-order valence-corrected chi connectivity index (χ3v) is 19.5. The van der Waals surface area contributed by atoms with E-state index in [1.165, 1.54) is 43.8 Å². The average Bonchev–Trinajstić information content (AvgIpc) is 1.32. The second kappa shape index (κ2) is 19.1. The Morgan fingerprint density at radius 3 is 1.17 bits per heavy atom. The van der Waals surface area contributed by atoms with Gasteiger partial charge in [-0.25, -0.2) is 0 Å². The van der Waals surface area contributed by atoms with Crippen molar-refractivity contribution in [3.05, 3.63) is 302 Å². The van der Waals surface area contributed by atoms with Gasteiger partial charge >= 0.3 is 0 Å². The minimum atomic E-state index is -0.293. The molecule has 2 aliphatic rings. The van der Waals surface area contributed by atoms with Gasteiger partial charge in [0.05, 0.1) is 33.6 Å². The summed E-state index contributed by atoms with van der Waals surface area (Å²) in [6.45, 7) is -0.293. The van der Waals surface area contributed by atoms with Crippen molar-refractivity contribution >= 4 is 127 Å². The summed E-state index contributed by atoms with van der Waals surface area (Å²) >= 11 is 0. The van der Waals surface area contributed by atoms with Crippen molar-refractivity contribution in [3.8, 4) is 68.0 Å². The Labute approximate surface area is 518 Å². The van der Waals surface area contributed by atoms with Crippen LogP contribution in [0, 0.1) is 22.7 Å². The first-order valence-electron chi connectivity index (χ1n) is 30.7. The SMILES string of the molecule is N#Cc1c2c3c(c(C#N)c1-n1c4ccc(-c5c6ccccc6c(-c6ccccc6)c6ccccc56)cc4c4cc(-c5c6ccccc6c(-c6ccccc6)c6ccccc56)ccc41)-n1c4ccccc4c4cccc(c41)B3c1ccccc1N2c1ccccc1. The van der Waals surface area contributed by atoms with Crippen molar-refractivity contribution in [2.45, 2.75) is 0 Å². The molecule has 0 fully saturated rings. The highest BCUT2D eigenvalue weighted by molar-refractivity contribution is 7.00. The molecule has 0 aliphatic carbocycles. The summed E-state index contributed by atoms with van der Waals surface area (Å²) < 4.78 is 4.61. The van der Waals surface area contributed by atoms with E-state index in [1.54, 1.807) is 0 Å². The second-order valence-corrected chi connectivity index (χ2v) is 23.9. The number of para-hydroxylation sites is 4. The summed E-state index contributed by atoms with van der Waals surface area (Å²) in [5.41, 5.74) is 21.1. The van der Waals surface area contributed by atoms with E-state index in [1.807, 2.05) is 6.07 Å². The van der Waals surface area contributed by atoms with Gasteiger partial charge in [-0.1, -0.05) is 243 Å². The number of fused-ring (bicyclic) bond motifs is 14. The number of hydrogen-bond donors (Lipinski definition) is 0. The first-order chi connectivity index (χ1) is 44.7. The van der Waals surface area contributed by atoms with Crippen molar-refractivity contribution in [3.63, 3.8) is 0 Å². The predicted octanol–water partition coefficient (Wildman–Crippen LogP) is 19.5. The van der Waals surface area contributed by atoms with Gasteiger partial charge in [0, 0.05) is 38.4 Å². The van der Waals surface area contributed by atoms with Gasteiger partial charge in [0.15, 0.2) is 0 Å². The number of nitrogens with zero attached hydrogens (tertiary/aromatic N) is 5. The van der Waals surface area contributed by atoms with E-state index in [-0.39, 0.29) is 6.71 Å². The molecule has 0 N–H and O–H groups in total. The Morgan fingerprint density at radius 1 is 0.278 bits per heavy atom. The molecule has 0 saturated carbocycles. The molecule has 15 aromatic carbocycles. The predicted molar refractivity (Wildman–Crippen MR) is 376 cm³/mol. The molecule has 0 spiro atoms. The summed E-state index contributed by atoms with van der Waals surface area (Å²) in [5, 5.41) is 38.5. The van der Waals surface area contributed by atoms with Gasteiger partial charge in [-0.15, -0.1) is 0 Å². The van der Waals surface area contributed by atoms with Gasteiger partial charge in [0.1, 0.15) is 23.3 Å². The summed E-state index contributed by atoms with van der Waals surface area (Å²) in [4.78, 5) is 2.29. The first kappa shape index (κ1) is 50.0. The molecule has 2 aliphatic heterocycles. The topological polar surface area (TPSA) is 60.7 Å². The van der Waals surface area contributed by atoms with Crippen LogP contribution in [0.5, 0.6) is 0 Å². The minimum absolute atomic E-state index is 0.293. The number of anilines is 3. The van der Waals surface area contributed by atoms with Crippen LogP contribution >= 0.6 is 0 Å². The maximum Gasteiger partial charge on any atom is 0.252 e. The molecule has 19 rings (SSSR count). The molecular formula is C84H48BN5. The number of aromatic nitrogens is 2. The Bertz CT molecular complexity index is 5730. The minimum Gasteiger partial charge on any atom is -0.310 e. The molecule has 0 radical (unpaired) electrons. The van der Waals surface area contributed by atoms with Crippen LogP contribution in [-0.4, -0.2) is 15.8 Å². The van der Waals surface area contributed by atoms with E-state index in [2.05, 4.69) is 311 Å². The molecule has 4 heterocycles. The summed E-state index contributed by atoms with van der Waals surface area (Å²) in [6, 6.07) is 111. The van der Waals surface area contributed by atoms with Crippen LogP contribution in [0.3, 0.4) is 0 Å². The van der Waals surface area contributed by atoms with Crippen LogP contribution in [0.15, 0.2) is 291 Å². The maximum atomic E-state index is 12.5. The van der Waals surface area contributed by atoms with Gasteiger partial charge in [-0.3, -0.25) is 0 Å². The number of nitriles is 2. The lowest BCUT2D eigenvalue weighted by Gasteiger charge is -2.41. The zero-order valence-electron chi connectivity index (χ0n) is 48.5. The average molecular weight is 1140 g/mol. The highest BCUT2D eigenvalue weighted by Crippen LogP contribution is 2.51. The van der Waals surface area contributed by atoms with Crippen molar-refractivity contribution < 1.29 is 0 Å². The van der Waals surface area contributed by atoms with Crippen LogP contribution in [-0.2, 0) is 0 Å². The van der Waals surface area contributed by atoms with Gasteiger partial charge in [0.25, 0.3) is 6.71 Å². The zero-order chi connectivity index (χ0) is 59.3. The Morgan fingerprint density at radius 2 is 0.667 bits per heavy atom. The number of rotatable bonds is 6. The fourth-order valence-electron chi connectivity index (χ4n) is 16.1. The van der Waals surface area contributed by atoms with E-state index in [4.69, 9.17) is 0 Å². The fourth-order valence-corrected chi connectivity index (χ4v) is 16.1. The monoisotopic (exact) mass is 1140 g/mol. The number of benzene rings is 15. The molecule has 0 unspecified atom stereocenters. The Kier molecular flexibility index (Phi) is 10.6. The molecule has 6 heteroatoms. The molecule has 0 amide bonds. The summed E-state index contributed by atoms with van der Waals surface area (Å²) in [6.07, 6.45) is 0. The number of hydrogen-bond acceptors (Lipinski definition) is 3. The van der Waals surface area contributed by atoms with E-state index < -0.39 is 0 Å². The van der Waals surface area contributed by atoms with E-state index in [0.717, 1.165) is 127 Å². The van der Waals surface area contributed by atoms with Gasteiger partial charge in [0.2, 0.25) is 0 Å². The molecule has 0 bridgehead atoms. The highest BCUT2D eigenvalue weighted by Gasteiger charge is 2.46. The highest BCUT2D eigenvalue weighted by atomic mass is 15.2. The summed E-state index contributed by atoms with van der Waals surface area (Å²) in [5.74, 6) is 0. The largest absolute Gasteiger partial charge is 0.310 e. The quantitative estimate of drug-likeness (QED) is 0.123. The van der Waals surface area contributed by atoms with Crippen LogP contribution in [0.2, 0.25) is 0 Å². The Hall–Kier alpha value is -12.2. The van der Waals surface area contributed by atoms with Gasteiger partial charge < -0.3 is 14.0 Å². The van der Waals surface area contributed by atoms with Crippen LogP contribution in [0.1, 0.15) is 11.1 Å². The van der Waals surface area contributed by atoms with Crippen molar-refractivity contribution in [2.24, 2.45) is 0 Å². The molecule has 2 aromatic heterocycles. The third-order valence-electron chi connectivity index (χ3n) is 19.5. The van der Waals surface area contributed by atoms with Gasteiger partial charge in [-0.2, -0.15) is 10.5 Å². The van der Waals surface area contributed by atoms with Crippen LogP contribution in [0.4, 0.5) is 17.1 Å². The molecule has 5 nitrogen and oxygen atoms in total. The van der Waals surface area contributed by atoms with Crippen molar-refractivity contribution in [1.82, 2.24) is 9.13 Å². The molecule has 412 valence electrons. The van der Waals surface area contributed by atoms with Crippen LogP contribution < -0.4 is 21.3 Å². The third kappa shape index (κ3) is 6.79. The second-order valence-electron chi connectivity index (χ2n) is 23.9. The maximum absolute atomic E-state index is 12.5. The molecular weight excluding hydrogens is 1090 g/mol. The lowest BCUT2D eigenvalue weighted by molar-refractivity contribution is 1.10. The fraction of sp³-hybridized carbons (Fsp3) is 0. The Balaban J connectivity index is 0.978. The van der Waals surface area contributed by atoms with Crippen LogP contribution in [0.25, 0.3) is 143 Å². The van der Waals surface area contributed by atoms with Crippen molar-refractivity contribution in [2.75, 3.05) is 4.90 Å². The smallest absolute Gasteiger partial charge is 0.252 e. The normalized spacial score (nSPS) is 12.4. The molecule has 0 atom stereocenters. The lowest BCUT2D eigenvalue weighted by atomic mass is 9.33. The summed E-state index contributed by atoms with van der Waals surface area (Å²) in [7, 11) is 0. The lowest BCUT2D eigenvalue weighted by Crippen LogP contribution is -2.61. The molecule has 0 saturated heterocycles. The molecule has 90 heavy (non-hydrogen) atoms. The first-order valence-corrected chi connectivity index (χ1v) is 30.7. The molecule has 17 aromatic rings. The standard InChI is InChI=1S/C84H48BN5/c86-49-68-81(69(50-87)84-80-83(68)88(55-27-8-3-9-28-55)75-42-21-19-39-70(75)85(80)71-40-22-38-65-56-29-18-20-41-72(56)90(84)82(65)71)89-73-45-43-53(78-61-34-14-10-30-57(61)76(51-23-4-1-5-24-51)58-31-11-15-35-62(58)78)47-66(73)67-48-54(44-46-74(67)89)79-63-36-16-12-32-59(63)77(52-25-6-2-7-26-52)60-33-13-17-37-64(60)79/h1-48H. The van der Waals surface area contributed by atoms with Crippen molar-refractivity contribution in [1.29, 1.82) is 10.5 Å². The van der Waals surface area contributed by atoms with E-state index in [9.17, 15) is 10.5 Å². The van der Waals surface area contributed by atoms with E-state index >= 15 is 0 Å². The van der Waals surface area contributed by atoms with Gasteiger partial charge in [-0.05, 0) is 153 Å². The zero-order valence-corrected chi connectivity index (χ0v) is 48.5. The van der Waals surface area contributed by atoms with E-state index in [0.29, 0.717) is 16.8 Å².